The highest BCUT2D eigenvalue weighted by molar-refractivity contribution is 5.88. The fourth-order valence-electron chi connectivity index (χ4n) is 4.34. The van der Waals surface area contributed by atoms with E-state index in [1.54, 1.807) is 19.9 Å². The Hall–Kier alpha value is -3.61. The molecule has 0 saturated heterocycles. The predicted octanol–water partition coefficient (Wildman–Crippen LogP) is 3.56. The second-order valence-electron chi connectivity index (χ2n) is 8.47. The van der Waals surface area contributed by atoms with Crippen LogP contribution in [0.2, 0.25) is 0 Å². The number of hydrogen-bond donors (Lipinski definition) is 2. The number of amides is 1. The first-order valence-electron chi connectivity index (χ1n) is 11.2. The highest BCUT2D eigenvalue weighted by Gasteiger charge is 2.25. The van der Waals surface area contributed by atoms with Gasteiger partial charge in [-0.1, -0.05) is 30.3 Å². The zero-order chi connectivity index (χ0) is 23.5. The molecule has 1 aliphatic carbocycles. The van der Waals surface area contributed by atoms with Gasteiger partial charge in [0.1, 0.15) is 17.4 Å². The van der Waals surface area contributed by atoms with Crippen molar-refractivity contribution in [3.05, 3.63) is 75.1 Å². The van der Waals surface area contributed by atoms with Gasteiger partial charge in [0.25, 0.3) is 5.91 Å². The van der Waals surface area contributed by atoms with Crippen molar-refractivity contribution < 1.29 is 23.8 Å². The molecule has 3 aromatic rings. The summed E-state index contributed by atoms with van der Waals surface area (Å²) in [6, 6.07) is 11.7. The molecule has 0 radical (unpaired) electrons. The van der Waals surface area contributed by atoms with Gasteiger partial charge in [-0.15, -0.1) is 0 Å². The molecule has 2 N–H and O–H groups in total. The van der Waals surface area contributed by atoms with Crippen molar-refractivity contribution in [2.45, 2.75) is 58.1 Å². The number of ether oxygens (including phenoxy) is 1. The van der Waals surface area contributed by atoms with Gasteiger partial charge in [-0.05, 0) is 62.8 Å². The normalized spacial score (nSPS) is 14.8. The number of aliphatic carboxylic acids is 1. The topological polar surface area (TPSA) is 106 Å². The first-order valence-corrected chi connectivity index (χ1v) is 11.2. The van der Waals surface area contributed by atoms with Crippen molar-refractivity contribution in [1.82, 2.24) is 5.32 Å². The molecule has 0 unspecified atom stereocenters. The van der Waals surface area contributed by atoms with Crippen molar-refractivity contribution in [2.24, 2.45) is 0 Å². The minimum atomic E-state index is -1.12. The lowest BCUT2D eigenvalue weighted by molar-refractivity contribution is -0.142. The van der Waals surface area contributed by atoms with Crippen LogP contribution in [0.4, 0.5) is 0 Å². The van der Waals surface area contributed by atoms with Gasteiger partial charge >= 0.3 is 11.6 Å². The Morgan fingerprint density at radius 2 is 1.79 bits per heavy atom. The summed E-state index contributed by atoms with van der Waals surface area (Å²) < 4.78 is 11.5. The van der Waals surface area contributed by atoms with E-state index in [0.29, 0.717) is 16.9 Å². The quantitative estimate of drug-likeness (QED) is 0.535. The third-order valence-corrected chi connectivity index (χ3v) is 6.16. The molecule has 2 aromatic carbocycles. The minimum Gasteiger partial charge on any atom is -0.480 e. The smallest absolute Gasteiger partial charge is 0.339 e. The van der Waals surface area contributed by atoms with Crippen LogP contribution in [0.15, 0.2) is 51.7 Å². The van der Waals surface area contributed by atoms with Crippen LogP contribution in [-0.4, -0.2) is 29.1 Å². The Kier molecular flexibility index (Phi) is 6.49. The van der Waals surface area contributed by atoms with Crippen LogP contribution in [0.25, 0.3) is 11.0 Å². The average Bonchev–Trinajstić information content (AvgIpc) is 2.81. The second-order valence-corrected chi connectivity index (χ2v) is 8.47. The Morgan fingerprint density at radius 1 is 1.09 bits per heavy atom. The second kappa shape index (κ2) is 9.48. The molecule has 0 saturated carbocycles. The molecule has 1 amide bonds. The molecule has 4 rings (SSSR count). The van der Waals surface area contributed by atoms with Gasteiger partial charge in [-0.2, -0.15) is 0 Å². The van der Waals surface area contributed by atoms with Gasteiger partial charge in [-0.3, -0.25) is 4.79 Å². The Balaban J connectivity index is 1.52. The van der Waals surface area contributed by atoms with Crippen molar-refractivity contribution >= 4 is 22.8 Å². The molecule has 7 heteroatoms. The molecule has 0 bridgehead atoms. The molecule has 1 heterocycles. The van der Waals surface area contributed by atoms with E-state index in [9.17, 15) is 19.5 Å². The van der Waals surface area contributed by atoms with E-state index < -0.39 is 24.0 Å². The van der Waals surface area contributed by atoms with Crippen molar-refractivity contribution in [1.29, 1.82) is 0 Å². The number of carbonyl (C=O) groups excluding carboxylic acids is 1. The number of fused-ring (bicyclic) bond motifs is 3. The van der Waals surface area contributed by atoms with E-state index in [1.807, 2.05) is 36.4 Å². The van der Waals surface area contributed by atoms with Crippen LogP contribution in [0.1, 0.15) is 42.0 Å². The van der Waals surface area contributed by atoms with Crippen molar-refractivity contribution in [3.8, 4) is 5.75 Å². The van der Waals surface area contributed by atoms with Gasteiger partial charge in [0, 0.05) is 22.9 Å². The number of rotatable bonds is 7. The number of carbonyl (C=O) groups is 2. The SMILES string of the molecule is Cc1c(O[C@H](C)C(=O)N[C@@H](Cc2ccccc2)C(=O)O)ccc2c3c(c(=O)oc12)CCCC3. The third-order valence-electron chi connectivity index (χ3n) is 6.16. The first-order chi connectivity index (χ1) is 15.8. The van der Waals surface area contributed by atoms with E-state index in [1.165, 1.54) is 0 Å². The van der Waals surface area contributed by atoms with Gasteiger partial charge in [0.05, 0.1) is 0 Å². The first kappa shape index (κ1) is 22.6. The summed E-state index contributed by atoms with van der Waals surface area (Å²) >= 11 is 0. The number of aryl methyl sites for hydroxylation is 2. The molecular formula is C26H27NO6. The summed E-state index contributed by atoms with van der Waals surface area (Å²) in [7, 11) is 0. The van der Waals surface area contributed by atoms with Crippen LogP contribution in [0, 0.1) is 6.92 Å². The Labute approximate surface area is 191 Å². The van der Waals surface area contributed by atoms with E-state index in [0.717, 1.165) is 47.8 Å². The van der Waals surface area contributed by atoms with E-state index in [2.05, 4.69) is 5.32 Å². The Bertz CT molecular complexity index is 1250. The summed E-state index contributed by atoms with van der Waals surface area (Å²) in [4.78, 5) is 36.9. The standard InChI is InChI=1S/C26H27NO6/c1-15-22(13-12-19-18-10-6-7-11-20(18)26(31)33-23(15)19)32-16(2)24(28)27-21(25(29)30)14-17-8-4-3-5-9-17/h3-5,8-9,12-13,16,21H,6-7,10-11,14H2,1-2H3,(H,27,28)(H,29,30)/t16-,21+/m1/s1. The molecule has 1 aromatic heterocycles. The van der Waals surface area contributed by atoms with Crippen molar-refractivity contribution in [3.63, 3.8) is 0 Å². The zero-order valence-electron chi connectivity index (χ0n) is 18.7. The molecular weight excluding hydrogens is 422 g/mol. The molecule has 33 heavy (non-hydrogen) atoms. The van der Waals surface area contributed by atoms with E-state index >= 15 is 0 Å². The molecule has 0 fully saturated rings. The minimum absolute atomic E-state index is 0.167. The maximum absolute atomic E-state index is 12.7. The molecule has 7 nitrogen and oxygen atoms in total. The summed E-state index contributed by atoms with van der Waals surface area (Å²) in [5.41, 5.74) is 3.40. The van der Waals surface area contributed by atoms with Crippen LogP contribution in [0.5, 0.6) is 5.75 Å². The fraction of sp³-hybridized carbons (Fsp3) is 0.346. The van der Waals surface area contributed by atoms with Crippen LogP contribution >= 0.6 is 0 Å². The Morgan fingerprint density at radius 3 is 2.48 bits per heavy atom. The van der Waals surface area contributed by atoms with E-state index in [4.69, 9.17) is 9.15 Å². The number of benzene rings is 2. The lowest BCUT2D eigenvalue weighted by Gasteiger charge is -2.21. The number of hydrogen-bond acceptors (Lipinski definition) is 5. The summed E-state index contributed by atoms with van der Waals surface area (Å²) in [5.74, 6) is -1.24. The third kappa shape index (κ3) is 4.77. The number of nitrogens with one attached hydrogen (secondary N) is 1. The molecule has 2 atom stereocenters. The van der Waals surface area contributed by atoms with Gasteiger partial charge in [-0.25, -0.2) is 9.59 Å². The monoisotopic (exact) mass is 449 g/mol. The molecule has 0 spiro atoms. The largest absolute Gasteiger partial charge is 0.480 e. The lowest BCUT2D eigenvalue weighted by atomic mass is 9.90. The van der Waals surface area contributed by atoms with Crippen LogP contribution in [-0.2, 0) is 28.9 Å². The van der Waals surface area contributed by atoms with Gasteiger partial charge in [0.15, 0.2) is 6.10 Å². The van der Waals surface area contributed by atoms with E-state index in [-0.39, 0.29) is 12.0 Å². The van der Waals surface area contributed by atoms with Crippen LogP contribution in [0.3, 0.4) is 0 Å². The van der Waals surface area contributed by atoms with Crippen LogP contribution < -0.4 is 15.7 Å². The average molecular weight is 450 g/mol. The maximum atomic E-state index is 12.7. The highest BCUT2D eigenvalue weighted by Crippen LogP contribution is 2.32. The number of carboxylic acids is 1. The highest BCUT2D eigenvalue weighted by atomic mass is 16.5. The zero-order valence-corrected chi connectivity index (χ0v) is 18.7. The molecule has 1 aliphatic rings. The van der Waals surface area contributed by atoms with Gasteiger partial charge < -0.3 is 19.6 Å². The van der Waals surface area contributed by atoms with Crippen molar-refractivity contribution in [2.75, 3.05) is 0 Å². The molecule has 172 valence electrons. The summed E-state index contributed by atoms with van der Waals surface area (Å²) in [6.07, 6.45) is 2.82. The summed E-state index contributed by atoms with van der Waals surface area (Å²) in [6.45, 7) is 3.35. The maximum Gasteiger partial charge on any atom is 0.339 e. The molecule has 0 aliphatic heterocycles. The lowest BCUT2D eigenvalue weighted by Crippen LogP contribution is -2.47. The van der Waals surface area contributed by atoms with Gasteiger partial charge in [0.2, 0.25) is 0 Å². The summed E-state index contributed by atoms with van der Waals surface area (Å²) in [5, 5.41) is 13.0. The predicted molar refractivity (Wildman–Crippen MR) is 124 cm³/mol. The number of carboxylic acid groups (broad SMARTS) is 1. The fourth-order valence-corrected chi connectivity index (χ4v) is 4.34.